The van der Waals surface area contributed by atoms with E-state index >= 15 is 0 Å². The maximum atomic E-state index is 12.6. The number of carbonyl (C=O) groups is 2. The van der Waals surface area contributed by atoms with Crippen molar-refractivity contribution >= 4 is 34.8 Å². The van der Waals surface area contributed by atoms with Gasteiger partial charge >= 0.3 is 0 Å². The van der Waals surface area contributed by atoms with E-state index in [0.717, 1.165) is 11.1 Å². The second kappa shape index (κ2) is 8.01. The molecule has 0 spiro atoms. The van der Waals surface area contributed by atoms with Crippen LogP contribution in [0.2, 0.25) is 5.02 Å². The van der Waals surface area contributed by atoms with Crippen LogP contribution in [0.5, 0.6) is 0 Å². The lowest BCUT2D eigenvalue weighted by Gasteiger charge is -2.12. The summed E-state index contributed by atoms with van der Waals surface area (Å²) in [6, 6.07) is 15.8. The van der Waals surface area contributed by atoms with Crippen LogP contribution in [0.25, 0.3) is 0 Å². The molecule has 2 amide bonds. The third kappa shape index (κ3) is 4.51. The van der Waals surface area contributed by atoms with E-state index in [9.17, 15) is 9.59 Å². The van der Waals surface area contributed by atoms with Gasteiger partial charge in [-0.05, 0) is 55.3 Å². The zero-order valence-electron chi connectivity index (χ0n) is 14.9. The second-order valence-corrected chi connectivity index (χ2v) is 6.55. The number of halogens is 1. The highest BCUT2D eigenvalue weighted by Gasteiger charge is 2.14. The van der Waals surface area contributed by atoms with E-state index in [1.807, 2.05) is 38.1 Å². The minimum atomic E-state index is -0.389. The molecule has 5 nitrogen and oxygen atoms in total. The van der Waals surface area contributed by atoms with Crippen LogP contribution in [-0.2, 0) is 0 Å². The van der Waals surface area contributed by atoms with Crippen molar-refractivity contribution in [1.29, 1.82) is 0 Å². The Balaban J connectivity index is 1.79. The van der Waals surface area contributed by atoms with Gasteiger partial charge in [0.1, 0.15) is 5.69 Å². The van der Waals surface area contributed by atoms with Gasteiger partial charge in [0.05, 0.1) is 10.7 Å². The lowest BCUT2D eigenvalue weighted by molar-refractivity contribution is 0.102. The lowest BCUT2D eigenvalue weighted by atomic mass is 10.1. The topological polar surface area (TPSA) is 71.1 Å². The molecule has 3 rings (SSSR count). The van der Waals surface area contributed by atoms with E-state index in [1.54, 1.807) is 24.3 Å². The van der Waals surface area contributed by atoms with Crippen molar-refractivity contribution in [2.24, 2.45) is 0 Å². The smallest absolute Gasteiger partial charge is 0.274 e. The summed E-state index contributed by atoms with van der Waals surface area (Å²) in [4.78, 5) is 29.0. The van der Waals surface area contributed by atoms with Crippen molar-refractivity contribution in [3.63, 3.8) is 0 Å². The summed E-state index contributed by atoms with van der Waals surface area (Å²) in [6.07, 6.45) is 1.43. The Morgan fingerprint density at radius 1 is 0.926 bits per heavy atom. The predicted molar refractivity (Wildman–Crippen MR) is 108 cm³/mol. The zero-order chi connectivity index (χ0) is 19.4. The molecule has 1 heterocycles. The standard InChI is InChI=1S/C21H18ClN3O2/c1-13-10-14(2)19(17(22)11-13)25-20(26)15-8-9-23-18(12-15)21(27)24-16-6-4-3-5-7-16/h3-12H,1-2H3,(H,24,27)(H,25,26). The van der Waals surface area contributed by atoms with E-state index in [0.29, 0.717) is 22.0 Å². The van der Waals surface area contributed by atoms with E-state index in [1.165, 1.54) is 12.3 Å². The Labute approximate surface area is 162 Å². The number of pyridine rings is 1. The average molecular weight is 380 g/mol. The number of anilines is 2. The van der Waals surface area contributed by atoms with Gasteiger partial charge in [-0.15, -0.1) is 0 Å². The third-order valence-electron chi connectivity index (χ3n) is 3.96. The average Bonchev–Trinajstić information content (AvgIpc) is 2.65. The minimum absolute atomic E-state index is 0.151. The highest BCUT2D eigenvalue weighted by atomic mass is 35.5. The molecular weight excluding hydrogens is 362 g/mol. The molecule has 27 heavy (non-hydrogen) atoms. The molecule has 6 heteroatoms. The molecule has 2 N–H and O–H groups in total. The fourth-order valence-electron chi connectivity index (χ4n) is 2.67. The van der Waals surface area contributed by atoms with Gasteiger partial charge in [0, 0.05) is 17.4 Å². The summed E-state index contributed by atoms with van der Waals surface area (Å²) < 4.78 is 0. The first-order chi connectivity index (χ1) is 12.9. The molecule has 1 aromatic heterocycles. The summed E-state index contributed by atoms with van der Waals surface area (Å²) in [5.74, 6) is -0.750. The summed E-state index contributed by atoms with van der Waals surface area (Å²) in [6.45, 7) is 3.81. The van der Waals surface area contributed by atoms with Gasteiger partial charge in [-0.25, -0.2) is 0 Å². The monoisotopic (exact) mass is 379 g/mol. The summed E-state index contributed by atoms with van der Waals surface area (Å²) in [5, 5.41) is 6.02. The van der Waals surface area contributed by atoms with Crippen LogP contribution < -0.4 is 10.6 Å². The van der Waals surface area contributed by atoms with Gasteiger partial charge in [0.15, 0.2) is 0 Å². The largest absolute Gasteiger partial charge is 0.321 e. The Kier molecular flexibility index (Phi) is 5.52. The maximum Gasteiger partial charge on any atom is 0.274 e. The fourth-order valence-corrected chi connectivity index (χ4v) is 3.04. The van der Waals surface area contributed by atoms with Crippen molar-refractivity contribution < 1.29 is 9.59 Å². The summed E-state index contributed by atoms with van der Waals surface area (Å²) in [5.41, 5.74) is 3.56. The van der Waals surface area contributed by atoms with Crippen molar-refractivity contribution in [3.05, 3.63) is 88.2 Å². The van der Waals surface area contributed by atoms with Crippen LogP contribution in [0.4, 0.5) is 11.4 Å². The third-order valence-corrected chi connectivity index (χ3v) is 4.25. The number of hydrogen-bond donors (Lipinski definition) is 2. The van der Waals surface area contributed by atoms with Crippen LogP contribution in [0.3, 0.4) is 0 Å². The van der Waals surface area contributed by atoms with Crippen molar-refractivity contribution in [1.82, 2.24) is 4.98 Å². The SMILES string of the molecule is Cc1cc(C)c(NC(=O)c2ccnc(C(=O)Nc3ccccc3)c2)c(Cl)c1. The van der Waals surface area contributed by atoms with Crippen LogP contribution >= 0.6 is 11.6 Å². The van der Waals surface area contributed by atoms with E-state index in [2.05, 4.69) is 15.6 Å². The first kappa shape index (κ1) is 18.6. The Hall–Kier alpha value is -3.18. The number of carbonyl (C=O) groups excluding carboxylic acids is 2. The normalized spacial score (nSPS) is 10.3. The minimum Gasteiger partial charge on any atom is -0.321 e. The number of benzene rings is 2. The number of amides is 2. The van der Waals surface area contributed by atoms with Gasteiger partial charge in [-0.1, -0.05) is 35.9 Å². The van der Waals surface area contributed by atoms with Crippen molar-refractivity contribution in [2.75, 3.05) is 10.6 Å². The molecular formula is C21H18ClN3O2. The molecule has 0 radical (unpaired) electrons. The molecule has 3 aromatic rings. The van der Waals surface area contributed by atoms with Gasteiger partial charge < -0.3 is 10.6 Å². The predicted octanol–water partition coefficient (Wildman–Crippen LogP) is 4.86. The Morgan fingerprint density at radius 2 is 1.67 bits per heavy atom. The highest BCUT2D eigenvalue weighted by molar-refractivity contribution is 6.34. The van der Waals surface area contributed by atoms with E-state index in [-0.39, 0.29) is 17.5 Å². The molecule has 0 atom stereocenters. The summed E-state index contributed by atoms with van der Waals surface area (Å²) >= 11 is 6.25. The van der Waals surface area contributed by atoms with Crippen molar-refractivity contribution in [3.8, 4) is 0 Å². The number of nitrogens with one attached hydrogen (secondary N) is 2. The molecule has 0 saturated heterocycles. The molecule has 2 aromatic carbocycles. The second-order valence-electron chi connectivity index (χ2n) is 6.14. The highest BCUT2D eigenvalue weighted by Crippen LogP contribution is 2.27. The number of rotatable bonds is 4. The maximum absolute atomic E-state index is 12.6. The molecule has 0 unspecified atom stereocenters. The number of hydrogen-bond acceptors (Lipinski definition) is 3. The molecule has 136 valence electrons. The van der Waals surface area contributed by atoms with Crippen LogP contribution in [0.15, 0.2) is 60.8 Å². The summed E-state index contributed by atoms with van der Waals surface area (Å²) in [7, 11) is 0. The first-order valence-corrected chi connectivity index (χ1v) is 8.72. The zero-order valence-corrected chi connectivity index (χ0v) is 15.7. The van der Waals surface area contributed by atoms with Crippen LogP contribution in [0.1, 0.15) is 32.0 Å². The first-order valence-electron chi connectivity index (χ1n) is 8.34. The van der Waals surface area contributed by atoms with Crippen LogP contribution in [-0.4, -0.2) is 16.8 Å². The number of nitrogens with zero attached hydrogens (tertiary/aromatic N) is 1. The number of aryl methyl sites for hydroxylation is 2. The van der Waals surface area contributed by atoms with Gasteiger partial charge in [0.25, 0.3) is 11.8 Å². The van der Waals surface area contributed by atoms with E-state index < -0.39 is 0 Å². The van der Waals surface area contributed by atoms with Gasteiger partial charge in [-0.2, -0.15) is 0 Å². The van der Waals surface area contributed by atoms with Crippen LogP contribution in [0, 0.1) is 13.8 Å². The quantitative estimate of drug-likeness (QED) is 0.680. The fraction of sp³-hybridized carbons (Fsp3) is 0.0952. The number of aromatic nitrogens is 1. The Morgan fingerprint density at radius 3 is 2.37 bits per heavy atom. The molecule has 0 bridgehead atoms. The van der Waals surface area contributed by atoms with Gasteiger partial charge in [-0.3, -0.25) is 14.6 Å². The molecule has 0 aliphatic heterocycles. The Bertz CT molecular complexity index is 980. The molecule has 0 fully saturated rings. The molecule has 0 saturated carbocycles. The van der Waals surface area contributed by atoms with Gasteiger partial charge in [0.2, 0.25) is 0 Å². The number of para-hydroxylation sites is 1. The molecule has 0 aliphatic carbocycles. The van der Waals surface area contributed by atoms with E-state index in [4.69, 9.17) is 11.6 Å². The lowest BCUT2D eigenvalue weighted by Crippen LogP contribution is -2.17. The molecule has 0 aliphatic rings. The van der Waals surface area contributed by atoms with Crippen molar-refractivity contribution in [2.45, 2.75) is 13.8 Å².